The van der Waals surface area contributed by atoms with Gasteiger partial charge in [0.15, 0.2) is 0 Å². The molecule has 0 radical (unpaired) electrons. The summed E-state index contributed by atoms with van der Waals surface area (Å²) in [5.74, 6) is 0.360. The monoisotopic (exact) mass is 477 g/mol. The third-order valence-corrected chi connectivity index (χ3v) is 7.87. The van der Waals surface area contributed by atoms with Crippen molar-refractivity contribution in [1.29, 1.82) is 0 Å². The molecule has 0 saturated carbocycles. The van der Waals surface area contributed by atoms with Crippen LogP contribution in [0.4, 0.5) is 0 Å². The lowest BCUT2D eigenvalue weighted by molar-refractivity contribution is -0.129. The van der Waals surface area contributed by atoms with Crippen molar-refractivity contribution in [2.24, 2.45) is 0 Å². The van der Waals surface area contributed by atoms with Gasteiger partial charge < -0.3 is 24.8 Å². The molecule has 184 valence electrons. The molecule has 35 heavy (non-hydrogen) atoms. The first-order valence-corrected chi connectivity index (χ1v) is 12.5. The Hall–Kier alpha value is -2.94. The smallest absolute Gasteiger partial charge is 0.255 e. The van der Waals surface area contributed by atoms with Crippen LogP contribution in [0.5, 0.6) is 5.75 Å². The number of benzene rings is 2. The minimum absolute atomic E-state index is 0.132. The van der Waals surface area contributed by atoms with Gasteiger partial charge in [-0.15, -0.1) is 0 Å². The van der Waals surface area contributed by atoms with E-state index in [0.29, 0.717) is 49.4 Å². The van der Waals surface area contributed by atoms with Crippen LogP contribution in [-0.2, 0) is 29.2 Å². The lowest BCUT2D eigenvalue weighted by Gasteiger charge is -2.35. The lowest BCUT2D eigenvalue weighted by Crippen LogP contribution is -2.55. The first kappa shape index (κ1) is 22.5. The highest BCUT2D eigenvalue weighted by Crippen LogP contribution is 2.35. The third-order valence-electron chi connectivity index (χ3n) is 7.87. The van der Waals surface area contributed by atoms with E-state index in [2.05, 4.69) is 34.5 Å². The minimum Gasteiger partial charge on any atom is -0.489 e. The number of rotatable bonds is 6. The SMILES string of the molecule is O=C1CCC(N2Cc3c(OCc4ccc(CN5C6CCC5COC6)cc4)cccc3C2=O)C(O)N1. The van der Waals surface area contributed by atoms with Gasteiger partial charge in [0.25, 0.3) is 5.91 Å². The van der Waals surface area contributed by atoms with Gasteiger partial charge >= 0.3 is 0 Å². The topological polar surface area (TPSA) is 91.3 Å². The van der Waals surface area contributed by atoms with Crippen LogP contribution >= 0.6 is 0 Å². The van der Waals surface area contributed by atoms with Gasteiger partial charge in [-0.05, 0) is 42.5 Å². The van der Waals surface area contributed by atoms with E-state index in [-0.39, 0.29) is 11.8 Å². The summed E-state index contributed by atoms with van der Waals surface area (Å²) in [7, 11) is 0. The highest BCUT2D eigenvalue weighted by Gasteiger charge is 2.40. The molecule has 2 aromatic rings. The number of aliphatic hydroxyl groups excluding tert-OH is 1. The Kier molecular flexibility index (Phi) is 5.96. The van der Waals surface area contributed by atoms with Crippen molar-refractivity contribution < 1.29 is 24.2 Å². The Morgan fingerprint density at radius 2 is 1.74 bits per heavy atom. The average Bonchev–Trinajstić information content (AvgIpc) is 3.29. The number of fused-ring (bicyclic) bond motifs is 3. The number of carbonyl (C=O) groups excluding carboxylic acids is 2. The van der Waals surface area contributed by atoms with E-state index in [4.69, 9.17) is 9.47 Å². The number of morpholine rings is 1. The second-order valence-electron chi connectivity index (χ2n) is 10.0. The molecule has 4 aliphatic rings. The van der Waals surface area contributed by atoms with Crippen molar-refractivity contribution >= 4 is 11.8 Å². The molecule has 8 heteroatoms. The Bertz CT molecular complexity index is 1100. The molecule has 2 amide bonds. The molecule has 0 aromatic heterocycles. The number of hydrogen-bond donors (Lipinski definition) is 2. The Labute approximate surface area is 204 Å². The first-order valence-electron chi connectivity index (χ1n) is 12.5. The summed E-state index contributed by atoms with van der Waals surface area (Å²) in [6, 6.07) is 14.7. The van der Waals surface area contributed by atoms with Crippen LogP contribution in [-0.4, -0.2) is 64.3 Å². The molecule has 4 atom stereocenters. The zero-order valence-electron chi connectivity index (χ0n) is 19.7. The molecule has 8 nitrogen and oxygen atoms in total. The summed E-state index contributed by atoms with van der Waals surface area (Å²) >= 11 is 0. The van der Waals surface area contributed by atoms with E-state index >= 15 is 0 Å². The van der Waals surface area contributed by atoms with Gasteiger partial charge in [0.2, 0.25) is 5.91 Å². The molecule has 2 aromatic carbocycles. The van der Waals surface area contributed by atoms with Crippen LogP contribution in [0, 0.1) is 0 Å². The Morgan fingerprint density at radius 3 is 2.49 bits per heavy atom. The summed E-state index contributed by atoms with van der Waals surface area (Å²) in [5, 5.41) is 12.8. The van der Waals surface area contributed by atoms with Crippen LogP contribution in [0.2, 0.25) is 0 Å². The zero-order chi connectivity index (χ0) is 23.9. The number of nitrogens with one attached hydrogen (secondary N) is 1. The maximum Gasteiger partial charge on any atom is 0.255 e. The zero-order valence-corrected chi connectivity index (χ0v) is 19.7. The van der Waals surface area contributed by atoms with Crippen LogP contribution in [0.1, 0.15) is 52.7 Å². The van der Waals surface area contributed by atoms with Gasteiger partial charge in [-0.2, -0.15) is 0 Å². The van der Waals surface area contributed by atoms with Gasteiger partial charge in [0.1, 0.15) is 18.6 Å². The summed E-state index contributed by atoms with van der Waals surface area (Å²) in [5.41, 5.74) is 3.80. The van der Waals surface area contributed by atoms with Crippen molar-refractivity contribution in [1.82, 2.24) is 15.1 Å². The van der Waals surface area contributed by atoms with Gasteiger partial charge in [-0.25, -0.2) is 0 Å². The Morgan fingerprint density at radius 1 is 1.00 bits per heavy atom. The van der Waals surface area contributed by atoms with Crippen LogP contribution < -0.4 is 10.1 Å². The largest absolute Gasteiger partial charge is 0.489 e. The van der Waals surface area contributed by atoms with Crippen LogP contribution in [0.3, 0.4) is 0 Å². The van der Waals surface area contributed by atoms with E-state index < -0.39 is 12.3 Å². The highest BCUT2D eigenvalue weighted by atomic mass is 16.5. The fourth-order valence-corrected chi connectivity index (χ4v) is 5.91. The molecule has 4 aliphatic heterocycles. The molecule has 2 N–H and O–H groups in total. The fraction of sp³-hybridized carbons (Fsp3) is 0.481. The maximum atomic E-state index is 13.0. The van der Waals surface area contributed by atoms with Gasteiger partial charge in [0.05, 0.1) is 25.8 Å². The second kappa shape index (κ2) is 9.26. The van der Waals surface area contributed by atoms with E-state index in [1.807, 2.05) is 12.1 Å². The van der Waals surface area contributed by atoms with Gasteiger partial charge in [-0.1, -0.05) is 30.3 Å². The molecule has 2 bridgehead atoms. The summed E-state index contributed by atoms with van der Waals surface area (Å²) in [4.78, 5) is 28.8. The predicted molar refractivity (Wildman–Crippen MR) is 127 cm³/mol. The number of ether oxygens (including phenoxy) is 2. The number of amides is 2. The number of hydrogen-bond acceptors (Lipinski definition) is 6. The average molecular weight is 478 g/mol. The molecule has 4 heterocycles. The van der Waals surface area contributed by atoms with Crippen molar-refractivity contribution in [3.05, 3.63) is 64.7 Å². The van der Waals surface area contributed by atoms with E-state index in [0.717, 1.165) is 30.9 Å². The number of carbonyl (C=O) groups is 2. The van der Waals surface area contributed by atoms with E-state index in [9.17, 15) is 14.7 Å². The number of piperidine rings is 1. The number of nitrogens with zero attached hydrogens (tertiary/aromatic N) is 2. The molecular formula is C27H31N3O5. The molecule has 3 saturated heterocycles. The molecule has 6 rings (SSSR count). The molecule has 0 spiro atoms. The molecular weight excluding hydrogens is 446 g/mol. The van der Waals surface area contributed by atoms with Gasteiger partial charge in [-0.3, -0.25) is 14.5 Å². The maximum absolute atomic E-state index is 13.0. The second-order valence-corrected chi connectivity index (χ2v) is 10.0. The molecule has 3 fully saturated rings. The van der Waals surface area contributed by atoms with Crippen molar-refractivity contribution in [2.45, 2.75) is 69.7 Å². The fourth-order valence-electron chi connectivity index (χ4n) is 5.91. The van der Waals surface area contributed by atoms with Gasteiger partial charge in [0, 0.05) is 36.2 Å². The highest BCUT2D eigenvalue weighted by molar-refractivity contribution is 5.99. The summed E-state index contributed by atoms with van der Waals surface area (Å²) < 4.78 is 11.9. The van der Waals surface area contributed by atoms with E-state index in [1.165, 1.54) is 18.4 Å². The predicted octanol–water partition coefficient (Wildman–Crippen LogP) is 2.18. The lowest BCUT2D eigenvalue weighted by atomic mass is 10.0. The summed E-state index contributed by atoms with van der Waals surface area (Å²) in [6.45, 7) is 3.42. The first-order chi connectivity index (χ1) is 17.1. The van der Waals surface area contributed by atoms with E-state index in [1.54, 1.807) is 11.0 Å². The van der Waals surface area contributed by atoms with Crippen LogP contribution in [0.15, 0.2) is 42.5 Å². The minimum atomic E-state index is -1.05. The van der Waals surface area contributed by atoms with Crippen molar-refractivity contribution in [3.8, 4) is 5.75 Å². The summed E-state index contributed by atoms with van der Waals surface area (Å²) in [6.07, 6.45) is 2.15. The third kappa shape index (κ3) is 4.30. The molecule has 4 unspecified atom stereocenters. The standard InChI is InChI=1S/C27H31N3O5/c31-25-11-10-23(26(32)28-25)30-13-22-21(27(30)33)2-1-3-24(22)35-14-18-6-4-17(5-7-18)12-29-19-8-9-20(29)16-34-15-19/h1-7,19-20,23,26,32H,8-16H2,(H,28,31). The quantitative estimate of drug-likeness (QED) is 0.663. The van der Waals surface area contributed by atoms with Crippen molar-refractivity contribution in [3.63, 3.8) is 0 Å². The Balaban J connectivity index is 1.10. The normalized spacial score (nSPS) is 28.2. The number of aliphatic hydroxyl groups is 1. The van der Waals surface area contributed by atoms with Crippen molar-refractivity contribution in [2.75, 3.05) is 13.2 Å². The molecule has 0 aliphatic carbocycles. The van der Waals surface area contributed by atoms with Crippen LogP contribution in [0.25, 0.3) is 0 Å².